The Labute approximate surface area is 187 Å². The number of carbonyl (C=O) groups excluding carboxylic acids is 2. The van der Waals surface area contributed by atoms with Crippen LogP contribution in [0.1, 0.15) is 33.6 Å². The van der Waals surface area contributed by atoms with Crippen molar-refractivity contribution in [1.82, 2.24) is 0 Å². The van der Waals surface area contributed by atoms with E-state index in [9.17, 15) is 14.7 Å². The molecule has 0 unspecified atom stereocenters. The monoisotopic (exact) mass is 440 g/mol. The van der Waals surface area contributed by atoms with Gasteiger partial charge in [-0.05, 0) is 30.7 Å². The van der Waals surface area contributed by atoms with E-state index in [1.807, 2.05) is 0 Å². The summed E-state index contributed by atoms with van der Waals surface area (Å²) in [5.74, 6) is -1.06. The number of carbonyl (C=O) groups is 2. The number of esters is 2. The molecule has 1 saturated heterocycles. The van der Waals surface area contributed by atoms with Crippen molar-refractivity contribution in [2.75, 3.05) is 13.7 Å². The van der Waals surface area contributed by atoms with Crippen molar-refractivity contribution in [3.05, 3.63) is 84.4 Å². The molecule has 0 aromatic heterocycles. The van der Waals surface area contributed by atoms with Gasteiger partial charge < -0.3 is 24.1 Å². The molecule has 1 aliphatic heterocycles. The standard InChI is InChI=1S/C25H28O7/c1-3-10-20-22(26)23(29-2)21(32-20)15-19(31-25(28)18-13-8-5-9-14-18)16-30-24(27)17-11-6-4-7-12-17/h3-9,11-14,19-23,26H,1,10,15-16H2,2H3/t19-,20-,21+,22-,23-/m0/s1. The first kappa shape index (κ1) is 23.7. The number of aliphatic hydroxyl groups is 1. The molecule has 7 nitrogen and oxygen atoms in total. The van der Waals surface area contributed by atoms with Gasteiger partial charge in [-0.15, -0.1) is 6.58 Å². The van der Waals surface area contributed by atoms with E-state index in [2.05, 4.69) is 6.58 Å². The number of hydrogen-bond acceptors (Lipinski definition) is 7. The lowest BCUT2D eigenvalue weighted by molar-refractivity contribution is -0.0526. The van der Waals surface area contributed by atoms with Crippen LogP contribution in [0.5, 0.6) is 0 Å². The highest BCUT2D eigenvalue weighted by Gasteiger charge is 2.44. The van der Waals surface area contributed by atoms with Crippen LogP contribution in [0.4, 0.5) is 0 Å². The summed E-state index contributed by atoms with van der Waals surface area (Å²) < 4.78 is 22.5. The van der Waals surface area contributed by atoms with Gasteiger partial charge in [0.2, 0.25) is 0 Å². The van der Waals surface area contributed by atoms with Crippen LogP contribution in [0.25, 0.3) is 0 Å². The lowest BCUT2D eigenvalue weighted by atomic mass is 10.0. The average Bonchev–Trinajstić information content (AvgIpc) is 3.12. The van der Waals surface area contributed by atoms with Crippen LogP contribution in [-0.4, -0.2) is 61.3 Å². The molecule has 1 heterocycles. The summed E-state index contributed by atoms with van der Waals surface area (Å²) in [5.41, 5.74) is 0.779. The Morgan fingerprint density at radius 1 is 1.03 bits per heavy atom. The van der Waals surface area contributed by atoms with Gasteiger partial charge in [-0.2, -0.15) is 0 Å². The van der Waals surface area contributed by atoms with Crippen molar-refractivity contribution in [2.24, 2.45) is 0 Å². The van der Waals surface area contributed by atoms with E-state index < -0.39 is 42.5 Å². The quantitative estimate of drug-likeness (QED) is 0.448. The Morgan fingerprint density at radius 2 is 1.62 bits per heavy atom. The first-order chi connectivity index (χ1) is 15.5. The van der Waals surface area contributed by atoms with Gasteiger partial charge >= 0.3 is 11.9 Å². The third kappa shape index (κ3) is 6.03. The van der Waals surface area contributed by atoms with Crippen molar-refractivity contribution in [3.8, 4) is 0 Å². The second kappa shape index (κ2) is 11.6. The van der Waals surface area contributed by atoms with Crippen molar-refractivity contribution >= 4 is 11.9 Å². The van der Waals surface area contributed by atoms with Gasteiger partial charge in [0.15, 0.2) is 0 Å². The van der Waals surface area contributed by atoms with Gasteiger partial charge in [0.1, 0.15) is 24.9 Å². The van der Waals surface area contributed by atoms with Crippen molar-refractivity contribution in [3.63, 3.8) is 0 Å². The lowest BCUT2D eigenvalue weighted by Crippen LogP contribution is -2.37. The van der Waals surface area contributed by atoms with Crippen molar-refractivity contribution in [2.45, 2.75) is 43.4 Å². The first-order valence-corrected chi connectivity index (χ1v) is 10.5. The summed E-state index contributed by atoms with van der Waals surface area (Å²) in [7, 11) is 1.49. The van der Waals surface area contributed by atoms with Crippen LogP contribution in [0, 0.1) is 0 Å². The van der Waals surface area contributed by atoms with E-state index in [4.69, 9.17) is 18.9 Å². The summed E-state index contributed by atoms with van der Waals surface area (Å²) in [6.45, 7) is 3.53. The molecule has 2 aromatic rings. The number of benzene rings is 2. The molecule has 32 heavy (non-hydrogen) atoms. The van der Waals surface area contributed by atoms with E-state index in [0.29, 0.717) is 17.5 Å². The fraction of sp³-hybridized carbons (Fsp3) is 0.360. The van der Waals surface area contributed by atoms with Crippen LogP contribution < -0.4 is 0 Å². The van der Waals surface area contributed by atoms with Crippen molar-refractivity contribution < 1.29 is 33.6 Å². The van der Waals surface area contributed by atoms with E-state index in [-0.39, 0.29) is 13.0 Å². The van der Waals surface area contributed by atoms with E-state index in [0.717, 1.165) is 0 Å². The Morgan fingerprint density at radius 3 is 2.19 bits per heavy atom. The van der Waals surface area contributed by atoms with Gasteiger partial charge in [-0.1, -0.05) is 42.5 Å². The lowest BCUT2D eigenvalue weighted by Gasteiger charge is -2.24. The second-order valence-corrected chi connectivity index (χ2v) is 7.52. The molecule has 3 rings (SSSR count). The van der Waals surface area contributed by atoms with Gasteiger partial charge in [0.05, 0.1) is 23.3 Å². The topological polar surface area (TPSA) is 91.3 Å². The molecule has 5 atom stereocenters. The van der Waals surface area contributed by atoms with Crippen LogP contribution in [0.3, 0.4) is 0 Å². The molecule has 2 aromatic carbocycles. The zero-order valence-electron chi connectivity index (χ0n) is 18.0. The molecule has 0 spiro atoms. The molecule has 1 N–H and O–H groups in total. The van der Waals surface area contributed by atoms with E-state index in [1.54, 1.807) is 66.7 Å². The number of ether oxygens (including phenoxy) is 4. The molecule has 7 heteroatoms. The van der Waals surface area contributed by atoms with Crippen LogP contribution in [0.2, 0.25) is 0 Å². The SMILES string of the molecule is C=CC[C@@H]1O[C@H](C[C@@H](COC(=O)c2ccccc2)OC(=O)c2ccccc2)[C@H](OC)[C@H]1O. The van der Waals surface area contributed by atoms with Crippen molar-refractivity contribution in [1.29, 1.82) is 0 Å². The highest BCUT2D eigenvalue weighted by molar-refractivity contribution is 5.90. The Balaban J connectivity index is 1.71. The predicted octanol–water partition coefficient (Wildman–Crippen LogP) is 3.18. The minimum Gasteiger partial charge on any atom is -0.458 e. The molecule has 1 aliphatic rings. The smallest absolute Gasteiger partial charge is 0.338 e. The van der Waals surface area contributed by atoms with E-state index in [1.165, 1.54) is 7.11 Å². The highest BCUT2D eigenvalue weighted by Crippen LogP contribution is 2.29. The summed E-state index contributed by atoms with van der Waals surface area (Å²) in [4.78, 5) is 25.0. The van der Waals surface area contributed by atoms with Crippen LogP contribution >= 0.6 is 0 Å². The second-order valence-electron chi connectivity index (χ2n) is 7.52. The normalized spacial score (nSPS) is 23.3. The first-order valence-electron chi connectivity index (χ1n) is 10.5. The predicted molar refractivity (Wildman–Crippen MR) is 117 cm³/mol. The molecule has 1 fully saturated rings. The van der Waals surface area contributed by atoms with Crippen LogP contribution in [-0.2, 0) is 18.9 Å². The Kier molecular flexibility index (Phi) is 8.56. The maximum absolute atomic E-state index is 12.6. The summed E-state index contributed by atoms with van der Waals surface area (Å²) >= 11 is 0. The largest absolute Gasteiger partial charge is 0.458 e. The summed E-state index contributed by atoms with van der Waals surface area (Å²) in [6.07, 6.45) is -0.976. The molecule has 0 bridgehead atoms. The fourth-order valence-electron chi connectivity index (χ4n) is 3.68. The van der Waals surface area contributed by atoms with Gasteiger partial charge in [0, 0.05) is 13.5 Å². The zero-order valence-corrected chi connectivity index (χ0v) is 18.0. The number of rotatable bonds is 10. The number of methoxy groups -OCH3 is 1. The number of aliphatic hydroxyl groups excluding tert-OH is 1. The number of hydrogen-bond donors (Lipinski definition) is 1. The molecular weight excluding hydrogens is 412 g/mol. The Hall–Kier alpha value is -3.00. The molecule has 0 radical (unpaired) electrons. The molecule has 170 valence electrons. The van der Waals surface area contributed by atoms with E-state index >= 15 is 0 Å². The minimum absolute atomic E-state index is 0.162. The maximum atomic E-state index is 12.6. The molecular formula is C25H28O7. The maximum Gasteiger partial charge on any atom is 0.338 e. The minimum atomic E-state index is -0.847. The third-order valence-electron chi connectivity index (χ3n) is 5.29. The fourth-order valence-corrected chi connectivity index (χ4v) is 3.68. The van der Waals surface area contributed by atoms with Gasteiger partial charge in [-0.25, -0.2) is 9.59 Å². The summed E-state index contributed by atoms with van der Waals surface area (Å²) in [5, 5.41) is 10.5. The van der Waals surface area contributed by atoms with Gasteiger partial charge in [0.25, 0.3) is 0 Å². The Bertz CT molecular complexity index is 884. The highest BCUT2D eigenvalue weighted by atomic mass is 16.6. The zero-order chi connectivity index (χ0) is 22.9. The molecule has 0 aliphatic carbocycles. The third-order valence-corrected chi connectivity index (χ3v) is 5.29. The van der Waals surface area contributed by atoms with Gasteiger partial charge in [-0.3, -0.25) is 0 Å². The average molecular weight is 440 g/mol. The molecule has 0 saturated carbocycles. The summed E-state index contributed by atoms with van der Waals surface area (Å²) in [6, 6.07) is 17.1. The molecule has 0 amide bonds. The van der Waals surface area contributed by atoms with Crippen LogP contribution in [0.15, 0.2) is 73.3 Å².